The van der Waals surface area contributed by atoms with Gasteiger partial charge in [-0.25, -0.2) is 4.79 Å². The van der Waals surface area contributed by atoms with Crippen molar-refractivity contribution >= 4 is 58.9 Å². The van der Waals surface area contributed by atoms with E-state index in [0.29, 0.717) is 22.1 Å². The summed E-state index contributed by atoms with van der Waals surface area (Å²) in [6, 6.07) is 3.79. The lowest BCUT2D eigenvalue weighted by Crippen LogP contribution is -2.38. The Morgan fingerprint density at radius 1 is 1.33 bits per heavy atom. The summed E-state index contributed by atoms with van der Waals surface area (Å²) in [4.78, 5) is 32.8. The molecule has 9 heteroatoms. The molecule has 0 aliphatic heterocycles. The number of carbonyl (C=O) groups excluding carboxylic acids is 2. The fraction of sp³-hybridized carbons (Fsp3) is 0.250. The molecule has 1 aromatic carbocycles. The number of anilines is 1. The number of thioether (sulfide) groups is 1. The normalized spacial score (nSPS) is 11.5. The SMILES string of the molecule is O=CNC(CSCC(=O)Nc1c(Cl)cccc1Cl)C(=O)O. The second kappa shape index (κ2) is 8.76. The molecule has 0 saturated carbocycles. The molecule has 0 fully saturated rings. The van der Waals surface area contributed by atoms with Gasteiger partial charge in [0, 0.05) is 5.75 Å². The average Bonchev–Trinajstić information content (AvgIpc) is 2.42. The summed E-state index contributed by atoms with van der Waals surface area (Å²) in [6.45, 7) is 0. The van der Waals surface area contributed by atoms with Crippen LogP contribution in [0.3, 0.4) is 0 Å². The number of hydrogen-bond donors (Lipinski definition) is 3. The van der Waals surface area contributed by atoms with Gasteiger partial charge in [0.25, 0.3) is 0 Å². The lowest BCUT2D eigenvalue weighted by molar-refractivity contribution is -0.139. The van der Waals surface area contributed by atoms with Gasteiger partial charge < -0.3 is 15.7 Å². The first-order valence-corrected chi connectivity index (χ1v) is 7.61. The van der Waals surface area contributed by atoms with E-state index >= 15 is 0 Å². The zero-order valence-electron chi connectivity index (χ0n) is 10.6. The third-order valence-electron chi connectivity index (χ3n) is 2.31. The van der Waals surface area contributed by atoms with E-state index < -0.39 is 12.0 Å². The van der Waals surface area contributed by atoms with Gasteiger partial charge in [-0.15, -0.1) is 11.8 Å². The Kier molecular flexibility index (Phi) is 7.35. The molecule has 2 amide bonds. The summed E-state index contributed by atoms with van der Waals surface area (Å²) in [5.74, 6) is -1.46. The number of aliphatic carboxylic acids is 1. The predicted molar refractivity (Wildman–Crippen MR) is 83.0 cm³/mol. The van der Waals surface area contributed by atoms with Crippen LogP contribution in [-0.2, 0) is 14.4 Å². The van der Waals surface area contributed by atoms with Gasteiger partial charge in [-0.3, -0.25) is 9.59 Å². The zero-order valence-corrected chi connectivity index (χ0v) is 13.0. The minimum atomic E-state index is -1.16. The van der Waals surface area contributed by atoms with Gasteiger partial charge >= 0.3 is 5.97 Å². The number of amides is 2. The van der Waals surface area contributed by atoms with Crippen LogP contribution in [0.4, 0.5) is 5.69 Å². The van der Waals surface area contributed by atoms with Crippen molar-refractivity contribution in [1.82, 2.24) is 5.32 Å². The van der Waals surface area contributed by atoms with Gasteiger partial charge in [-0.2, -0.15) is 0 Å². The molecule has 0 spiro atoms. The van der Waals surface area contributed by atoms with Crippen LogP contribution in [0.1, 0.15) is 0 Å². The fourth-order valence-electron chi connectivity index (χ4n) is 1.34. The third kappa shape index (κ3) is 5.82. The topological polar surface area (TPSA) is 95.5 Å². The smallest absolute Gasteiger partial charge is 0.327 e. The zero-order chi connectivity index (χ0) is 15.8. The molecule has 0 saturated heterocycles. The predicted octanol–water partition coefficient (Wildman–Crippen LogP) is 1.86. The molecular formula is C12H12Cl2N2O4S. The molecule has 1 atom stereocenters. The van der Waals surface area contributed by atoms with Crippen molar-refractivity contribution in [3.8, 4) is 0 Å². The number of rotatable bonds is 8. The summed E-state index contributed by atoms with van der Waals surface area (Å²) < 4.78 is 0. The molecule has 0 aliphatic carbocycles. The first kappa shape index (κ1) is 17.6. The van der Waals surface area contributed by atoms with E-state index in [1.54, 1.807) is 18.2 Å². The number of hydrogen-bond acceptors (Lipinski definition) is 4. The van der Waals surface area contributed by atoms with Crippen LogP contribution in [-0.4, -0.2) is 40.9 Å². The maximum atomic E-state index is 11.7. The molecule has 0 radical (unpaired) electrons. The van der Waals surface area contributed by atoms with Crippen molar-refractivity contribution in [3.63, 3.8) is 0 Å². The van der Waals surface area contributed by atoms with Gasteiger partial charge in [0.05, 0.1) is 21.5 Å². The Balaban J connectivity index is 2.48. The van der Waals surface area contributed by atoms with Crippen molar-refractivity contribution in [2.45, 2.75) is 6.04 Å². The second-order valence-corrected chi connectivity index (χ2v) is 5.68. The quantitative estimate of drug-likeness (QED) is 0.622. The van der Waals surface area contributed by atoms with E-state index in [1.165, 1.54) is 0 Å². The highest BCUT2D eigenvalue weighted by molar-refractivity contribution is 8.00. The fourth-order valence-corrected chi connectivity index (χ4v) is 2.68. The summed E-state index contributed by atoms with van der Waals surface area (Å²) >= 11 is 12.9. The lowest BCUT2D eigenvalue weighted by Gasteiger charge is -2.11. The van der Waals surface area contributed by atoms with E-state index in [0.717, 1.165) is 11.8 Å². The van der Waals surface area contributed by atoms with Crippen molar-refractivity contribution in [1.29, 1.82) is 0 Å². The maximum absolute atomic E-state index is 11.7. The summed E-state index contributed by atoms with van der Waals surface area (Å²) in [7, 11) is 0. The van der Waals surface area contributed by atoms with Crippen LogP contribution in [0.15, 0.2) is 18.2 Å². The molecule has 3 N–H and O–H groups in total. The molecule has 0 heterocycles. The van der Waals surface area contributed by atoms with Crippen LogP contribution in [0, 0.1) is 0 Å². The number of carboxylic acids is 1. The molecule has 1 unspecified atom stereocenters. The molecule has 0 aliphatic rings. The lowest BCUT2D eigenvalue weighted by atomic mass is 10.3. The molecular weight excluding hydrogens is 339 g/mol. The minimum absolute atomic E-state index is 0.00582. The monoisotopic (exact) mass is 350 g/mol. The highest BCUT2D eigenvalue weighted by Gasteiger charge is 2.17. The number of carbonyl (C=O) groups is 3. The van der Waals surface area contributed by atoms with Crippen molar-refractivity contribution in [2.24, 2.45) is 0 Å². The highest BCUT2D eigenvalue weighted by atomic mass is 35.5. The number of carboxylic acid groups (broad SMARTS) is 1. The molecule has 0 aromatic heterocycles. The van der Waals surface area contributed by atoms with E-state index in [2.05, 4.69) is 10.6 Å². The molecule has 114 valence electrons. The van der Waals surface area contributed by atoms with Crippen molar-refractivity contribution in [3.05, 3.63) is 28.2 Å². The standard InChI is InChI=1S/C12H12Cl2N2O4S/c13-7-2-1-3-8(14)11(7)16-10(18)5-21-4-9(12(19)20)15-6-17/h1-3,6,9H,4-5H2,(H,15,17)(H,16,18)(H,19,20). The maximum Gasteiger partial charge on any atom is 0.327 e. The number of benzene rings is 1. The number of para-hydroxylation sites is 1. The Hall–Kier alpha value is -1.44. The van der Waals surface area contributed by atoms with Gasteiger partial charge in [0.1, 0.15) is 6.04 Å². The van der Waals surface area contributed by atoms with Crippen LogP contribution in [0.5, 0.6) is 0 Å². The first-order valence-electron chi connectivity index (χ1n) is 5.69. The molecule has 1 rings (SSSR count). The van der Waals surface area contributed by atoms with Crippen molar-refractivity contribution < 1.29 is 19.5 Å². The Labute approximate surface area is 135 Å². The highest BCUT2D eigenvalue weighted by Crippen LogP contribution is 2.29. The van der Waals surface area contributed by atoms with Gasteiger partial charge in [-0.1, -0.05) is 29.3 Å². The molecule has 6 nitrogen and oxygen atoms in total. The second-order valence-electron chi connectivity index (χ2n) is 3.84. The van der Waals surface area contributed by atoms with Crippen LogP contribution < -0.4 is 10.6 Å². The van der Waals surface area contributed by atoms with Gasteiger partial charge in [0.15, 0.2) is 0 Å². The third-order valence-corrected chi connectivity index (χ3v) is 3.98. The summed E-state index contributed by atoms with van der Waals surface area (Å²) in [5.41, 5.74) is 0.312. The van der Waals surface area contributed by atoms with Gasteiger partial charge in [-0.05, 0) is 12.1 Å². The average molecular weight is 351 g/mol. The van der Waals surface area contributed by atoms with Gasteiger partial charge in [0.2, 0.25) is 12.3 Å². The van der Waals surface area contributed by atoms with Crippen LogP contribution >= 0.6 is 35.0 Å². The number of halogens is 2. The van der Waals surface area contributed by atoms with E-state index in [4.69, 9.17) is 28.3 Å². The van der Waals surface area contributed by atoms with E-state index in [-0.39, 0.29) is 17.4 Å². The Morgan fingerprint density at radius 2 is 1.95 bits per heavy atom. The summed E-state index contributed by atoms with van der Waals surface area (Å²) in [6.07, 6.45) is 0.308. The summed E-state index contributed by atoms with van der Waals surface area (Å²) in [5, 5.41) is 14.1. The molecule has 1 aromatic rings. The van der Waals surface area contributed by atoms with Crippen molar-refractivity contribution in [2.75, 3.05) is 16.8 Å². The largest absolute Gasteiger partial charge is 0.480 e. The van der Waals surface area contributed by atoms with E-state index in [1.807, 2.05) is 0 Å². The van der Waals surface area contributed by atoms with Crippen LogP contribution in [0.2, 0.25) is 10.0 Å². The molecule has 0 bridgehead atoms. The first-order chi connectivity index (χ1) is 9.95. The Bertz CT molecular complexity index is 522. The number of nitrogens with one attached hydrogen (secondary N) is 2. The Morgan fingerprint density at radius 3 is 2.48 bits per heavy atom. The minimum Gasteiger partial charge on any atom is -0.480 e. The molecule has 21 heavy (non-hydrogen) atoms. The van der Waals surface area contributed by atoms with Crippen LogP contribution in [0.25, 0.3) is 0 Å². The van der Waals surface area contributed by atoms with E-state index in [9.17, 15) is 14.4 Å².